The number of rotatable bonds is 4. The summed E-state index contributed by atoms with van der Waals surface area (Å²) in [4.78, 5) is 27.6. The number of hydrogen-bond donors (Lipinski definition) is 1. The molecular formula is C13H20N4O4. The second-order valence-electron chi connectivity index (χ2n) is 6.00. The maximum absolute atomic E-state index is 12.1. The van der Waals surface area contributed by atoms with Crippen LogP contribution in [-0.2, 0) is 9.53 Å². The van der Waals surface area contributed by atoms with Gasteiger partial charge in [0.2, 0.25) is 0 Å². The number of carbonyl (C=O) groups is 2. The minimum atomic E-state index is -1.68. The summed E-state index contributed by atoms with van der Waals surface area (Å²) < 4.78 is 5.23. The first-order chi connectivity index (χ1) is 9.66. The molecule has 0 unspecified atom stereocenters. The normalized spacial score (nSPS) is 25.1. The average Bonchev–Trinajstić information content (AvgIpc) is 2.69. The lowest BCUT2D eigenvalue weighted by atomic mass is 9.85. The Hall–Kier alpha value is -2.21. The maximum Gasteiger partial charge on any atom is 0.410 e. The molecular weight excluding hydrogens is 276 g/mol. The summed E-state index contributed by atoms with van der Waals surface area (Å²) in [7, 11) is 0. The first-order valence-electron chi connectivity index (χ1n) is 6.54. The van der Waals surface area contributed by atoms with Crippen molar-refractivity contribution in [2.24, 2.45) is 11.0 Å². The molecule has 0 bridgehead atoms. The van der Waals surface area contributed by atoms with Crippen LogP contribution in [0.3, 0.4) is 0 Å². The van der Waals surface area contributed by atoms with Gasteiger partial charge in [0, 0.05) is 23.9 Å². The standard InChI is InChI=1S/C13H20N4O4/c1-5-6-9-7-17(11(20)21-12(2,3)4)8-13(9,10(18)19)15-16-14/h5,9H,1,6-8H2,2-4H3,(H,18,19)/t9-,13+/m0/s1. The Morgan fingerprint density at radius 2 is 2.24 bits per heavy atom. The minimum Gasteiger partial charge on any atom is -0.481 e. The Morgan fingerprint density at radius 1 is 1.62 bits per heavy atom. The van der Waals surface area contributed by atoms with E-state index >= 15 is 0 Å². The van der Waals surface area contributed by atoms with Crippen molar-refractivity contribution in [3.05, 3.63) is 23.1 Å². The molecule has 1 aliphatic heterocycles. The number of hydrogen-bond acceptors (Lipinski definition) is 4. The third kappa shape index (κ3) is 3.66. The predicted molar refractivity (Wildman–Crippen MR) is 75.6 cm³/mol. The number of aliphatic carboxylic acids is 1. The van der Waals surface area contributed by atoms with Gasteiger partial charge in [0.25, 0.3) is 0 Å². The number of carboxylic acid groups (broad SMARTS) is 1. The van der Waals surface area contributed by atoms with E-state index in [1.807, 2.05) is 0 Å². The molecule has 1 rings (SSSR count). The van der Waals surface area contributed by atoms with Crippen molar-refractivity contribution in [1.82, 2.24) is 4.90 Å². The fraction of sp³-hybridized carbons (Fsp3) is 0.692. The molecule has 0 spiro atoms. The Labute approximate surface area is 123 Å². The molecule has 0 aromatic heterocycles. The first-order valence-corrected chi connectivity index (χ1v) is 6.54. The molecule has 1 heterocycles. The van der Waals surface area contributed by atoms with Gasteiger partial charge in [-0.3, -0.25) is 4.79 Å². The van der Waals surface area contributed by atoms with Crippen LogP contribution in [0.4, 0.5) is 4.79 Å². The SMILES string of the molecule is C=CC[C@H]1CN(C(=O)OC(C)(C)C)C[C@]1(N=[N+]=[N-])C(=O)O. The Morgan fingerprint density at radius 3 is 2.67 bits per heavy atom. The highest BCUT2D eigenvalue weighted by Crippen LogP contribution is 2.35. The zero-order chi connectivity index (χ0) is 16.3. The van der Waals surface area contributed by atoms with Gasteiger partial charge in [0.05, 0.1) is 0 Å². The average molecular weight is 296 g/mol. The van der Waals surface area contributed by atoms with Crippen molar-refractivity contribution in [2.45, 2.75) is 38.3 Å². The van der Waals surface area contributed by atoms with Gasteiger partial charge in [-0.2, -0.15) is 0 Å². The minimum absolute atomic E-state index is 0.145. The van der Waals surface area contributed by atoms with E-state index in [-0.39, 0.29) is 13.1 Å². The second-order valence-corrected chi connectivity index (χ2v) is 6.00. The largest absolute Gasteiger partial charge is 0.481 e. The lowest BCUT2D eigenvalue weighted by molar-refractivity contribution is -0.144. The lowest BCUT2D eigenvalue weighted by Gasteiger charge is -2.25. The molecule has 0 aromatic rings. The summed E-state index contributed by atoms with van der Waals surface area (Å²) in [6.07, 6.45) is 1.26. The number of amides is 1. The van der Waals surface area contributed by atoms with Crippen LogP contribution in [0.25, 0.3) is 10.4 Å². The van der Waals surface area contributed by atoms with E-state index in [1.54, 1.807) is 26.8 Å². The van der Waals surface area contributed by atoms with Crippen LogP contribution in [0.2, 0.25) is 0 Å². The van der Waals surface area contributed by atoms with E-state index in [9.17, 15) is 14.7 Å². The Kier molecular flexibility index (Phi) is 4.85. The van der Waals surface area contributed by atoms with Crippen LogP contribution in [0, 0.1) is 5.92 Å². The fourth-order valence-electron chi connectivity index (χ4n) is 2.32. The molecule has 1 N–H and O–H groups in total. The van der Waals surface area contributed by atoms with Gasteiger partial charge in [-0.05, 0) is 32.7 Å². The van der Waals surface area contributed by atoms with Crippen LogP contribution in [-0.4, -0.2) is 46.3 Å². The number of carbonyl (C=O) groups excluding carboxylic acids is 1. The smallest absolute Gasteiger partial charge is 0.410 e. The summed E-state index contributed by atoms with van der Waals surface area (Å²) in [6, 6.07) is 0. The molecule has 0 saturated carbocycles. The first kappa shape index (κ1) is 16.8. The van der Waals surface area contributed by atoms with Crippen LogP contribution >= 0.6 is 0 Å². The Bertz CT molecular complexity index is 489. The quantitative estimate of drug-likeness (QED) is 0.371. The van der Waals surface area contributed by atoms with Crippen molar-refractivity contribution in [3.63, 3.8) is 0 Å². The van der Waals surface area contributed by atoms with Gasteiger partial charge in [0.15, 0.2) is 5.54 Å². The molecule has 116 valence electrons. The van der Waals surface area contributed by atoms with Gasteiger partial charge in [-0.25, -0.2) is 4.79 Å². The molecule has 1 saturated heterocycles. The molecule has 0 aliphatic carbocycles. The molecule has 8 heteroatoms. The zero-order valence-corrected chi connectivity index (χ0v) is 12.4. The van der Waals surface area contributed by atoms with Crippen molar-refractivity contribution in [1.29, 1.82) is 0 Å². The van der Waals surface area contributed by atoms with E-state index in [4.69, 9.17) is 10.3 Å². The van der Waals surface area contributed by atoms with E-state index in [2.05, 4.69) is 16.6 Å². The second kappa shape index (κ2) is 6.05. The molecule has 0 radical (unpaired) electrons. The van der Waals surface area contributed by atoms with Crippen molar-refractivity contribution in [2.75, 3.05) is 13.1 Å². The Balaban J connectivity index is 3.06. The summed E-state index contributed by atoms with van der Waals surface area (Å²) in [5.41, 5.74) is 6.31. The lowest BCUT2D eigenvalue weighted by Crippen LogP contribution is -2.45. The summed E-state index contributed by atoms with van der Waals surface area (Å²) >= 11 is 0. The zero-order valence-electron chi connectivity index (χ0n) is 12.4. The highest BCUT2D eigenvalue weighted by molar-refractivity contribution is 5.82. The summed E-state index contributed by atoms with van der Waals surface area (Å²) in [6.45, 7) is 8.68. The topological polar surface area (TPSA) is 116 Å². The van der Waals surface area contributed by atoms with Crippen LogP contribution in [0.15, 0.2) is 17.8 Å². The molecule has 1 aliphatic rings. The molecule has 8 nitrogen and oxygen atoms in total. The van der Waals surface area contributed by atoms with Gasteiger partial charge in [-0.15, -0.1) is 6.58 Å². The van der Waals surface area contributed by atoms with E-state index in [0.717, 1.165) is 0 Å². The van der Waals surface area contributed by atoms with Gasteiger partial charge < -0.3 is 14.7 Å². The molecule has 2 atom stereocenters. The van der Waals surface area contributed by atoms with Crippen LogP contribution in [0.1, 0.15) is 27.2 Å². The van der Waals surface area contributed by atoms with E-state index < -0.39 is 29.1 Å². The highest BCUT2D eigenvalue weighted by atomic mass is 16.6. The number of azide groups is 1. The van der Waals surface area contributed by atoms with Gasteiger partial charge in [0.1, 0.15) is 5.60 Å². The number of likely N-dealkylation sites (tertiary alicyclic amines) is 1. The summed E-state index contributed by atoms with van der Waals surface area (Å²) in [5, 5.41) is 12.9. The van der Waals surface area contributed by atoms with Crippen LogP contribution in [0.5, 0.6) is 0 Å². The maximum atomic E-state index is 12.1. The number of ether oxygens (including phenoxy) is 1. The highest BCUT2D eigenvalue weighted by Gasteiger charge is 2.53. The van der Waals surface area contributed by atoms with Crippen molar-refractivity contribution < 1.29 is 19.4 Å². The molecule has 1 amide bonds. The van der Waals surface area contributed by atoms with Crippen LogP contribution < -0.4 is 0 Å². The molecule has 0 aromatic carbocycles. The number of nitrogens with zero attached hydrogens (tertiary/aromatic N) is 4. The predicted octanol–water partition coefficient (Wildman–Crippen LogP) is 2.56. The van der Waals surface area contributed by atoms with Crippen molar-refractivity contribution >= 4 is 12.1 Å². The van der Waals surface area contributed by atoms with Gasteiger partial charge >= 0.3 is 12.1 Å². The van der Waals surface area contributed by atoms with Crippen molar-refractivity contribution in [3.8, 4) is 0 Å². The van der Waals surface area contributed by atoms with E-state index in [0.29, 0.717) is 6.42 Å². The molecule has 21 heavy (non-hydrogen) atoms. The number of carboxylic acids is 1. The van der Waals surface area contributed by atoms with Gasteiger partial charge in [-0.1, -0.05) is 11.2 Å². The number of allylic oxidation sites excluding steroid dienone is 1. The summed E-state index contributed by atoms with van der Waals surface area (Å²) in [5.74, 6) is -1.78. The third-order valence-electron chi connectivity index (χ3n) is 3.24. The molecule has 1 fully saturated rings. The monoisotopic (exact) mass is 296 g/mol. The van der Waals surface area contributed by atoms with E-state index in [1.165, 1.54) is 4.90 Å². The third-order valence-corrected chi connectivity index (χ3v) is 3.24. The fourth-order valence-corrected chi connectivity index (χ4v) is 2.32.